The molecule has 2 rings (SSSR count). The van der Waals surface area contributed by atoms with Crippen LogP contribution in [0.1, 0.15) is 48.8 Å². The molecular weight excluding hydrogens is 288 g/mol. The summed E-state index contributed by atoms with van der Waals surface area (Å²) in [6, 6.07) is 6.05. The number of benzene rings is 1. The highest BCUT2D eigenvalue weighted by Crippen LogP contribution is 2.19. The van der Waals surface area contributed by atoms with E-state index in [1.54, 1.807) is 4.68 Å². The molecule has 0 radical (unpaired) electrons. The molecule has 0 saturated carbocycles. The molecule has 1 aromatic heterocycles. The SMILES string of the molecule is Cc1ccc(CC(=O)N[C@H](CC(C)C)c2ncnn2C)cc1C. The maximum Gasteiger partial charge on any atom is 0.225 e. The van der Waals surface area contributed by atoms with Crippen molar-refractivity contribution < 1.29 is 4.79 Å². The maximum absolute atomic E-state index is 12.4. The molecule has 0 fully saturated rings. The van der Waals surface area contributed by atoms with Crippen LogP contribution in [0.2, 0.25) is 0 Å². The van der Waals surface area contributed by atoms with Gasteiger partial charge in [0.25, 0.3) is 0 Å². The lowest BCUT2D eigenvalue weighted by atomic mass is 10.0. The van der Waals surface area contributed by atoms with Gasteiger partial charge in [-0.3, -0.25) is 9.48 Å². The fourth-order valence-electron chi connectivity index (χ4n) is 2.67. The number of nitrogens with zero attached hydrogens (tertiary/aromatic N) is 3. The molecule has 124 valence electrons. The van der Waals surface area contributed by atoms with E-state index in [0.717, 1.165) is 17.8 Å². The predicted octanol–water partition coefficient (Wildman–Crippen LogP) is 2.88. The summed E-state index contributed by atoms with van der Waals surface area (Å²) in [6.07, 6.45) is 2.75. The third kappa shape index (κ3) is 4.65. The van der Waals surface area contributed by atoms with Gasteiger partial charge in [0.05, 0.1) is 12.5 Å². The molecule has 0 saturated heterocycles. The van der Waals surface area contributed by atoms with Gasteiger partial charge in [-0.1, -0.05) is 32.0 Å². The van der Waals surface area contributed by atoms with Crippen molar-refractivity contribution in [1.29, 1.82) is 0 Å². The minimum Gasteiger partial charge on any atom is -0.346 e. The highest BCUT2D eigenvalue weighted by molar-refractivity contribution is 5.79. The molecule has 0 aliphatic rings. The van der Waals surface area contributed by atoms with Crippen molar-refractivity contribution in [1.82, 2.24) is 20.1 Å². The first-order valence-corrected chi connectivity index (χ1v) is 8.06. The zero-order valence-electron chi connectivity index (χ0n) is 14.6. The molecule has 2 aromatic rings. The molecule has 0 bridgehead atoms. The minimum absolute atomic E-state index is 0.0157. The van der Waals surface area contributed by atoms with Crippen LogP contribution in [-0.4, -0.2) is 20.7 Å². The van der Waals surface area contributed by atoms with Gasteiger partial charge in [0.15, 0.2) is 0 Å². The Hall–Kier alpha value is -2.17. The van der Waals surface area contributed by atoms with Crippen molar-refractivity contribution in [3.8, 4) is 0 Å². The zero-order chi connectivity index (χ0) is 17.0. The van der Waals surface area contributed by atoms with Crippen LogP contribution in [0.4, 0.5) is 0 Å². The second-order valence-electron chi connectivity index (χ2n) is 6.59. The number of hydrogen-bond donors (Lipinski definition) is 1. The van der Waals surface area contributed by atoms with Crippen LogP contribution in [0.3, 0.4) is 0 Å². The summed E-state index contributed by atoms with van der Waals surface area (Å²) in [5, 5.41) is 7.22. The van der Waals surface area contributed by atoms with Crippen LogP contribution < -0.4 is 5.32 Å². The Labute approximate surface area is 138 Å². The highest BCUT2D eigenvalue weighted by Gasteiger charge is 2.20. The first-order valence-electron chi connectivity index (χ1n) is 8.06. The molecule has 1 N–H and O–H groups in total. The second-order valence-corrected chi connectivity index (χ2v) is 6.59. The Balaban J connectivity index is 2.08. The lowest BCUT2D eigenvalue weighted by Crippen LogP contribution is -2.32. The molecule has 1 amide bonds. The van der Waals surface area contributed by atoms with Crippen LogP contribution in [0.5, 0.6) is 0 Å². The summed E-state index contributed by atoms with van der Waals surface area (Å²) in [5.41, 5.74) is 3.49. The summed E-state index contributed by atoms with van der Waals surface area (Å²) < 4.78 is 1.73. The Kier molecular flexibility index (Phi) is 5.53. The van der Waals surface area contributed by atoms with Gasteiger partial charge in [-0.05, 0) is 42.9 Å². The molecule has 1 heterocycles. The number of carbonyl (C=O) groups excluding carboxylic acids is 1. The summed E-state index contributed by atoms with van der Waals surface area (Å²) in [5.74, 6) is 1.27. The standard InChI is InChI=1S/C18H26N4O/c1-12(2)8-16(18-19-11-20-22(18)5)21-17(23)10-15-7-6-13(3)14(4)9-15/h6-7,9,11-12,16H,8,10H2,1-5H3,(H,21,23)/t16-/m1/s1. The van der Waals surface area contributed by atoms with E-state index in [2.05, 4.69) is 55.2 Å². The van der Waals surface area contributed by atoms with Gasteiger partial charge in [-0.25, -0.2) is 4.98 Å². The fourth-order valence-corrected chi connectivity index (χ4v) is 2.67. The molecule has 0 unspecified atom stereocenters. The summed E-state index contributed by atoms with van der Waals surface area (Å²) in [4.78, 5) is 16.7. The number of aromatic nitrogens is 3. The second kappa shape index (κ2) is 7.40. The number of amides is 1. The number of rotatable bonds is 6. The monoisotopic (exact) mass is 314 g/mol. The van der Waals surface area contributed by atoms with Crippen LogP contribution in [0.25, 0.3) is 0 Å². The van der Waals surface area contributed by atoms with Crippen molar-refractivity contribution in [2.45, 2.75) is 46.6 Å². The topological polar surface area (TPSA) is 59.8 Å². The van der Waals surface area contributed by atoms with Gasteiger partial charge < -0.3 is 5.32 Å². The molecular formula is C18H26N4O. The molecule has 5 nitrogen and oxygen atoms in total. The predicted molar refractivity (Wildman–Crippen MR) is 91.0 cm³/mol. The van der Waals surface area contributed by atoms with Gasteiger partial charge >= 0.3 is 0 Å². The third-order valence-electron chi connectivity index (χ3n) is 4.04. The Morgan fingerprint density at radius 2 is 2.00 bits per heavy atom. The van der Waals surface area contributed by atoms with Crippen LogP contribution in [0.15, 0.2) is 24.5 Å². The molecule has 5 heteroatoms. The molecule has 0 spiro atoms. The van der Waals surface area contributed by atoms with E-state index in [0.29, 0.717) is 12.3 Å². The quantitative estimate of drug-likeness (QED) is 0.892. The van der Waals surface area contributed by atoms with Crippen molar-refractivity contribution in [2.75, 3.05) is 0 Å². The molecule has 0 aliphatic carbocycles. The van der Waals surface area contributed by atoms with Crippen molar-refractivity contribution in [3.63, 3.8) is 0 Å². The number of nitrogens with one attached hydrogen (secondary N) is 1. The van der Waals surface area contributed by atoms with Gasteiger partial charge in [0.2, 0.25) is 5.91 Å². The first-order chi connectivity index (χ1) is 10.9. The fraction of sp³-hybridized carbons (Fsp3) is 0.500. The maximum atomic E-state index is 12.4. The molecule has 0 aliphatic heterocycles. The lowest BCUT2D eigenvalue weighted by molar-refractivity contribution is -0.121. The van der Waals surface area contributed by atoms with Gasteiger partial charge in [-0.15, -0.1) is 0 Å². The molecule has 23 heavy (non-hydrogen) atoms. The van der Waals surface area contributed by atoms with E-state index >= 15 is 0 Å². The smallest absolute Gasteiger partial charge is 0.225 e. The summed E-state index contributed by atoms with van der Waals surface area (Å²) in [7, 11) is 1.85. The van der Waals surface area contributed by atoms with Crippen molar-refractivity contribution in [3.05, 3.63) is 47.0 Å². The van der Waals surface area contributed by atoms with E-state index < -0.39 is 0 Å². The molecule has 1 atom stereocenters. The Bertz CT molecular complexity index is 675. The van der Waals surface area contributed by atoms with Crippen molar-refractivity contribution >= 4 is 5.91 Å². The average Bonchev–Trinajstić information content (AvgIpc) is 2.88. The van der Waals surface area contributed by atoms with Crippen molar-refractivity contribution in [2.24, 2.45) is 13.0 Å². The average molecular weight is 314 g/mol. The van der Waals surface area contributed by atoms with E-state index in [1.807, 2.05) is 13.1 Å². The van der Waals surface area contributed by atoms with Gasteiger partial charge in [0, 0.05) is 7.05 Å². The van der Waals surface area contributed by atoms with E-state index in [9.17, 15) is 4.79 Å². The lowest BCUT2D eigenvalue weighted by Gasteiger charge is -2.20. The van der Waals surface area contributed by atoms with Crippen LogP contribution in [-0.2, 0) is 18.3 Å². The van der Waals surface area contributed by atoms with E-state index in [1.165, 1.54) is 17.5 Å². The van der Waals surface area contributed by atoms with E-state index in [4.69, 9.17) is 0 Å². The summed E-state index contributed by atoms with van der Waals surface area (Å²) >= 11 is 0. The van der Waals surface area contributed by atoms with Crippen LogP contribution >= 0.6 is 0 Å². The summed E-state index contributed by atoms with van der Waals surface area (Å²) in [6.45, 7) is 8.42. The highest BCUT2D eigenvalue weighted by atomic mass is 16.1. The third-order valence-corrected chi connectivity index (χ3v) is 4.04. The molecule has 1 aromatic carbocycles. The minimum atomic E-state index is -0.110. The number of carbonyl (C=O) groups is 1. The Morgan fingerprint density at radius 3 is 2.57 bits per heavy atom. The number of aryl methyl sites for hydroxylation is 3. The van der Waals surface area contributed by atoms with E-state index in [-0.39, 0.29) is 11.9 Å². The largest absolute Gasteiger partial charge is 0.346 e. The zero-order valence-corrected chi connectivity index (χ0v) is 14.6. The first kappa shape index (κ1) is 17.2. The normalized spacial score (nSPS) is 12.4. The number of hydrogen-bond acceptors (Lipinski definition) is 3. The van der Waals surface area contributed by atoms with Gasteiger partial charge in [-0.2, -0.15) is 5.10 Å². The Morgan fingerprint density at radius 1 is 1.26 bits per heavy atom. The van der Waals surface area contributed by atoms with Crippen LogP contribution in [0, 0.1) is 19.8 Å². The van der Waals surface area contributed by atoms with Gasteiger partial charge in [0.1, 0.15) is 12.2 Å².